The number of methoxy groups -OCH3 is 1. The first kappa shape index (κ1) is 21.1. The van der Waals surface area contributed by atoms with Crippen molar-refractivity contribution in [3.05, 3.63) is 64.3 Å². The van der Waals surface area contributed by atoms with E-state index in [1.54, 1.807) is 25.1 Å². The number of amides is 3. The molecule has 4 unspecified atom stereocenters. The molecule has 1 saturated heterocycles. The molecular weight excluding hydrogens is 426 g/mol. The van der Waals surface area contributed by atoms with Crippen LogP contribution in [0.3, 0.4) is 0 Å². The fourth-order valence-corrected chi connectivity index (χ4v) is 5.72. The summed E-state index contributed by atoms with van der Waals surface area (Å²) in [7, 11) is 1.10. The van der Waals surface area contributed by atoms with Crippen LogP contribution in [-0.2, 0) is 23.9 Å². The molecule has 0 radical (unpaired) electrons. The van der Waals surface area contributed by atoms with Crippen LogP contribution in [0.2, 0.25) is 0 Å². The van der Waals surface area contributed by atoms with Crippen molar-refractivity contribution in [2.45, 2.75) is 25.7 Å². The number of imide groups is 3. The second-order valence-corrected chi connectivity index (χ2v) is 8.81. The molecule has 1 aliphatic heterocycles. The molecule has 0 spiro atoms. The molecular formula is C25H21NO7. The number of allylic oxidation sites excluding steroid dienone is 6. The summed E-state index contributed by atoms with van der Waals surface area (Å²) in [5.74, 6) is -4.53. The highest BCUT2D eigenvalue weighted by Gasteiger charge is 2.58. The largest absolute Gasteiger partial charge is 0.508 e. The first-order valence-corrected chi connectivity index (χ1v) is 10.7. The first-order valence-electron chi connectivity index (χ1n) is 10.7. The lowest BCUT2D eigenvalue weighted by atomic mass is 9.59. The van der Waals surface area contributed by atoms with Gasteiger partial charge in [0.25, 0.3) is 0 Å². The van der Waals surface area contributed by atoms with Gasteiger partial charge >= 0.3 is 6.09 Å². The summed E-state index contributed by atoms with van der Waals surface area (Å²) < 4.78 is 4.63. The van der Waals surface area contributed by atoms with Crippen molar-refractivity contribution in [2.24, 2.45) is 17.8 Å². The maximum Gasteiger partial charge on any atom is 0.423 e. The highest BCUT2D eigenvalue weighted by molar-refractivity contribution is 6.24. The van der Waals surface area contributed by atoms with E-state index >= 15 is 0 Å². The van der Waals surface area contributed by atoms with Gasteiger partial charge in [0.2, 0.25) is 11.8 Å². The molecule has 1 N–H and O–H groups in total. The standard InChI is InChI=1S/C25H21NO7/c1-11-8-18(28)17-10-16-14(19(21(17)22(11)29)12-4-3-5-13(27)9-12)6-7-15-20(16)24(31)26(23(15)30)25(32)33-2/h3-6,8-9,15-16,19-20,27H,7,10H2,1-2H3. The number of likely N-dealkylation sites (tertiary alicyclic amines) is 1. The number of benzene rings is 1. The van der Waals surface area contributed by atoms with E-state index in [9.17, 15) is 29.1 Å². The van der Waals surface area contributed by atoms with Crippen LogP contribution in [0.4, 0.5) is 4.79 Å². The molecule has 8 heteroatoms. The third-order valence-corrected chi connectivity index (χ3v) is 7.13. The molecule has 168 valence electrons. The number of nitrogens with zero attached hydrogens (tertiary/aromatic N) is 1. The number of aromatic hydroxyl groups is 1. The molecule has 1 aromatic rings. The van der Waals surface area contributed by atoms with E-state index in [0.717, 1.165) is 12.7 Å². The lowest BCUT2D eigenvalue weighted by Gasteiger charge is -2.42. The lowest BCUT2D eigenvalue weighted by Crippen LogP contribution is -2.40. The minimum Gasteiger partial charge on any atom is -0.508 e. The van der Waals surface area contributed by atoms with E-state index in [4.69, 9.17) is 0 Å². The molecule has 33 heavy (non-hydrogen) atoms. The van der Waals surface area contributed by atoms with Crippen molar-refractivity contribution < 1.29 is 33.8 Å². The van der Waals surface area contributed by atoms with Gasteiger partial charge in [-0.15, -0.1) is 0 Å². The van der Waals surface area contributed by atoms with Crippen LogP contribution in [0, 0.1) is 17.8 Å². The third kappa shape index (κ3) is 2.93. The predicted molar refractivity (Wildman–Crippen MR) is 114 cm³/mol. The fourth-order valence-electron chi connectivity index (χ4n) is 5.72. The Morgan fingerprint density at radius 3 is 2.58 bits per heavy atom. The molecule has 5 rings (SSSR count). The van der Waals surface area contributed by atoms with Crippen molar-refractivity contribution in [3.63, 3.8) is 0 Å². The Kier molecular flexibility index (Phi) is 4.70. The number of phenols is 1. The van der Waals surface area contributed by atoms with E-state index in [-0.39, 0.29) is 30.2 Å². The average Bonchev–Trinajstić information content (AvgIpc) is 3.05. The second-order valence-electron chi connectivity index (χ2n) is 8.81. The molecule has 0 bridgehead atoms. The van der Waals surface area contributed by atoms with Crippen LogP contribution >= 0.6 is 0 Å². The molecule has 3 amide bonds. The van der Waals surface area contributed by atoms with Gasteiger partial charge in [0, 0.05) is 22.6 Å². The molecule has 3 aliphatic carbocycles. The normalized spacial score (nSPS) is 28.7. The minimum absolute atomic E-state index is 0.0110. The molecule has 0 aromatic heterocycles. The summed E-state index contributed by atoms with van der Waals surface area (Å²) in [4.78, 5) is 64.9. The zero-order valence-electron chi connectivity index (χ0n) is 18.0. The maximum absolute atomic E-state index is 13.2. The summed E-state index contributed by atoms with van der Waals surface area (Å²) >= 11 is 0. The van der Waals surface area contributed by atoms with E-state index in [1.165, 1.54) is 12.1 Å². The number of fused-ring (bicyclic) bond motifs is 3. The number of hydrogen-bond donors (Lipinski definition) is 1. The van der Waals surface area contributed by atoms with Gasteiger partial charge in [0.1, 0.15) is 5.75 Å². The van der Waals surface area contributed by atoms with Crippen LogP contribution in [-0.4, -0.2) is 46.6 Å². The Labute approximate surface area is 189 Å². The van der Waals surface area contributed by atoms with E-state index in [1.807, 2.05) is 6.08 Å². The molecule has 4 atom stereocenters. The number of phenolic OH excluding ortho intramolecular Hbond substituents is 1. The quantitative estimate of drug-likeness (QED) is 0.399. The van der Waals surface area contributed by atoms with E-state index < -0.39 is 41.6 Å². The molecule has 1 heterocycles. The number of ketones is 2. The first-order chi connectivity index (χ1) is 15.7. The van der Waals surface area contributed by atoms with Gasteiger partial charge in [0.05, 0.1) is 18.9 Å². The molecule has 1 fully saturated rings. The number of hydrogen-bond acceptors (Lipinski definition) is 7. The van der Waals surface area contributed by atoms with Crippen LogP contribution < -0.4 is 0 Å². The van der Waals surface area contributed by atoms with Crippen molar-refractivity contribution in [3.8, 4) is 5.75 Å². The highest BCUT2D eigenvalue weighted by Crippen LogP contribution is 2.55. The van der Waals surface area contributed by atoms with Crippen molar-refractivity contribution in [2.75, 3.05) is 7.11 Å². The van der Waals surface area contributed by atoms with Crippen molar-refractivity contribution >= 4 is 29.5 Å². The predicted octanol–water partition coefficient (Wildman–Crippen LogP) is 2.59. The number of carbonyl (C=O) groups excluding carboxylic acids is 5. The molecule has 8 nitrogen and oxygen atoms in total. The van der Waals surface area contributed by atoms with Crippen LogP contribution in [0.25, 0.3) is 0 Å². The summed E-state index contributed by atoms with van der Waals surface area (Å²) in [6, 6.07) is 6.47. The lowest BCUT2D eigenvalue weighted by molar-refractivity contribution is -0.137. The Balaban J connectivity index is 1.68. The van der Waals surface area contributed by atoms with Gasteiger partial charge in [-0.05, 0) is 49.5 Å². The van der Waals surface area contributed by atoms with Crippen LogP contribution in [0.15, 0.2) is 58.7 Å². The minimum atomic E-state index is -1.02. The Bertz CT molecular complexity index is 1250. The zero-order valence-corrected chi connectivity index (χ0v) is 18.0. The molecule has 0 saturated carbocycles. The van der Waals surface area contributed by atoms with E-state index in [2.05, 4.69) is 4.74 Å². The summed E-state index contributed by atoms with van der Waals surface area (Å²) in [5.41, 5.74) is 2.38. The topological polar surface area (TPSA) is 118 Å². The zero-order chi connectivity index (χ0) is 23.6. The van der Waals surface area contributed by atoms with Gasteiger partial charge in [-0.2, -0.15) is 4.90 Å². The van der Waals surface area contributed by atoms with Crippen LogP contribution in [0.5, 0.6) is 5.75 Å². The summed E-state index contributed by atoms with van der Waals surface area (Å²) in [6.45, 7) is 1.59. The van der Waals surface area contributed by atoms with Crippen LogP contribution in [0.1, 0.15) is 31.2 Å². The van der Waals surface area contributed by atoms with Gasteiger partial charge in [-0.3, -0.25) is 19.2 Å². The van der Waals surface area contributed by atoms with E-state index in [0.29, 0.717) is 27.2 Å². The second kappa shape index (κ2) is 7.37. The van der Waals surface area contributed by atoms with Crippen molar-refractivity contribution in [1.82, 2.24) is 4.90 Å². The smallest absolute Gasteiger partial charge is 0.423 e. The molecule has 4 aliphatic rings. The monoisotopic (exact) mass is 447 g/mol. The number of Topliss-reactive ketones (excluding diaryl/α,β-unsaturated/α-hetero) is 1. The van der Waals surface area contributed by atoms with Gasteiger partial charge in [-0.25, -0.2) is 4.79 Å². The summed E-state index contributed by atoms with van der Waals surface area (Å²) in [6.07, 6.45) is 2.48. The average molecular weight is 447 g/mol. The maximum atomic E-state index is 13.2. The highest BCUT2D eigenvalue weighted by atomic mass is 16.5. The fraction of sp³-hybridized carbons (Fsp3) is 0.320. The number of ether oxygens (including phenoxy) is 1. The molecule has 1 aromatic carbocycles. The Morgan fingerprint density at radius 1 is 1.12 bits per heavy atom. The number of rotatable bonds is 1. The Morgan fingerprint density at radius 2 is 1.88 bits per heavy atom. The van der Waals surface area contributed by atoms with Gasteiger partial charge in [-0.1, -0.05) is 23.8 Å². The third-order valence-electron chi connectivity index (χ3n) is 7.13. The van der Waals surface area contributed by atoms with Crippen molar-refractivity contribution in [1.29, 1.82) is 0 Å². The summed E-state index contributed by atoms with van der Waals surface area (Å²) in [5, 5.41) is 10.1. The number of carbonyl (C=O) groups is 5. The van der Waals surface area contributed by atoms with Gasteiger partial charge in [0.15, 0.2) is 11.6 Å². The van der Waals surface area contributed by atoms with Gasteiger partial charge < -0.3 is 9.84 Å². The SMILES string of the molecule is COC(=O)N1C(=O)C2CC=C3C(c4cccc(O)c4)C4=C(CC3C2C1=O)C(=O)C=C(C)C4=O. The Hall–Kier alpha value is -3.81.